The number of phenols is 1. The molecule has 45 heavy (non-hydrogen) atoms. The van der Waals surface area contributed by atoms with E-state index in [1.165, 1.54) is 0 Å². The molecule has 0 unspecified atom stereocenters. The van der Waals surface area contributed by atoms with Crippen LogP contribution >= 0.6 is 0 Å². The van der Waals surface area contributed by atoms with Crippen molar-refractivity contribution in [2.24, 2.45) is 0 Å². The predicted molar refractivity (Wildman–Crippen MR) is 182 cm³/mol. The molecule has 1 N–H and O–H groups in total. The van der Waals surface area contributed by atoms with Crippen LogP contribution in [0.1, 0.15) is 13.8 Å². The van der Waals surface area contributed by atoms with Crippen molar-refractivity contribution in [2.45, 2.75) is 13.8 Å². The zero-order valence-corrected chi connectivity index (χ0v) is 25.2. The van der Waals surface area contributed by atoms with Crippen molar-refractivity contribution in [1.29, 1.82) is 0 Å². The van der Waals surface area contributed by atoms with Crippen LogP contribution in [0.15, 0.2) is 159 Å². The molecule has 0 saturated carbocycles. The molecule has 0 saturated heterocycles. The van der Waals surface area contributed by atoms with E-state index < -0.39 is 0 Å². The van der Waals surface area contributed by atoms with Crippen LogP contribution in [0.2, 0.25) is 0 Å². The highest BCUT2D eigenvalue weighted by Gasteiger charge is 2.27. The number of pyridine rings is 4. The fourth-order valence-electron chi connectivity index (χ4n) is 5.46. The molecule has 7 rings (SSSR count). The number of hydrogen-bond donors (Lipinski definition) is 1. The Morgan fingerprint density at radius 1 is 0.444 bits per heavy atom. The molecule has 0 aliphatic heterocycles. The number of aromatic hydroxyl groups is 1. The molecule has 5 nitrogen and oxygen atoms in total. The minimum Gasteiger partial charge on any atom is -0.507 e. The Bertz CT molecular complexity index is 1880. The third-order valence-electron chi connectivity index (χ3n) is 7.52. The van der Waals surface area contributed by atoms with Gasteiger partial charge in [-0.15, -0.1) is 0 Å². The first-order valence-corrected chi connectivity index (χ1v) is 15.1. The lowest BCUT2D eigenvalue weighted by Crippen LogP contribution is -2.36. The van der Waals surface area contributed by atoms with E-state index in [2.05, 4.69) is 80.2 Å². The molecule has 0 aliphatic carbocycles. The van der Waals surface area contributed by atoms with E-state index in [0.29, 0.717) is 11.1 Å². The van der Waals surface area contributed by atoms with E-state index in [1.54, 1.807) is 24.8 Å². The van der Waals surface area contributed by atoms with E-state index in [-0.39, 0.29) is 5.75 Å². The Morgan fingerprint density at radius 2 is 0.911 bits per heavy atom. The summed E-state index contributed by atoms with van der Waals surface area (Å²) in [6.07, 6.45) is 10.7. The van der Waals surface area contributed by atoms with E-state index in [0.717, 1.165) is 50.5 Å². The van der Waals surface area contributed by atoms with Gasteiger partial charge in [-0.25, -0.2) is 0 Å². The van der Waals surface area contributed by atoms with Crippen LogP contribution < -0.4 is 4.57 Å². The maximum absolute atomic E-state index is 11.7. The van der Waals surface area contributed by atoms with Crippen molar-refractivity contribution in [2.75, 3.05) is 0 Å². The van der Waals surface area contributed by atoms with Crippen molar-refractivity contribution in [3.05, 3.63) is 159 Å². The van der Waals surface area contributed by atoms with Gasteiger partial charge in [0.1, 0.15) is 5.75 Å². The molecule has 0 fully saturated rings. The summed E-state index contributed by atoms with van der Waals surface area (Å²) in [5.74, 6) is 0.182. The third kappa shape index (κ3) is 6.10. The van der Waals surface area contributed by atoms with Crippen molar-refractivity contribution < 1.29 is 9.67 Å². The fourth-order valence-corrected chi connectivity index (χ4v) is 5.46. The maximum Gasteiger partial charge on any atom is 0.219 e. The molecule has 0 radical (unpaired) electrons. The summed E-state index contributed by atoms with van der Waals surface area (Å²) in [4.78, 5) is 12.9. The topological polar surface area (TPSA) is 62.8 Å². The van der Waals surface area contributed by atoms with Gasteiger partial charge in [-0.2, -0.15) is 4.57 Å². The molecule has 0 atom stereocenters. The van der Waals surface area contributed by atoms with Crippen LogP contribution in [-0.2, 0) is 0 Å². The van der Waals surface area contributed by atoms with Gasteiger partial charge in [0.2, 0.25) is 17.1 Å². The number of nitrogens with zero attached hydrogens (tertiary/aromatic N) is 4. The number of aromatic nitrogens is 4. The molecule has 0 aliphatic rings. The van der Waals surface area contributed by atoms with Gasteiger partial charge in [-0.3, -0.25) is 15.0 Å². The fraction of sp³-hybridized carbons (Fsp3) is 0.0500. The largest absolute Gasteiger partial charge is 0.507 e. The second-order valence-electron chi connectivity index (χ2n) is 10.2. The zero-order valence-electron chi connectivity index (χ0n) is 25.2. The van der Waals surface area contributed by atoms with Crippen LogP contribution in [0, 0.1) is 0 Å². The van der Waals surface area contributed by atoms with E-state index >= 15 is 0 Å². The molecule has 0 spiro atoms. The van der Waals surface area contributed by atoms with E-state index in [9.17, 15) is 5.11 Å². The molecule has 7 aromatic rings. The molecule has 4 heterocycles. The van der Waals surface area contributed by atoms with Gasteiger partial charge in [-0.05, 0) is 59.7 Å². The van der Waals surface area contributed by atoms with Crippen LogP contribution in [-0.4, -0.2) is 20.1 Å². The zero-order chi connectivity index (χ0) is 31.0. The number of phenolic OH excluding ortho intramolecular Hbond substituents is 1. The minimum absolute atomic E-state index is 0.182. The Morgan fingerprint density at radius 3 is 1.36 bits per heavy atom. The van der Waals surface area contributed by atoms with Crippen molar-refractivity contribution in [3.63, 3.8) is 0 Å². The standard InChI is InChI=1S/C38H26N4O.C2H6/c43-38-34(30-13-7-17-40-25-30)23-33(24-35(38)31-14-8-18-41-26-31)42-36(28-9-3-1-4-10-28)21-32(27-15-19-39-20-16-27)22-37(42)29-11-5-2-6-12-29;1-2/h1-26H;1-2H3/p+1. The monoisotopic (exact) mass is 585 g/mol. The summed E-state index contributed by atoms with van der Waals surface area (Å²) in [7, 11) is 0. The first-order valence-electron chi connectivity index (χ1n) is 15.1. The van der Waals surface area contributed by atoms with Gasteiger partial charge in [0, 0.05) is 94.8 Å². The molecular weight excluding hydrogens is 552 g/mol. The van der Waals surface area contributed by atoms with Crippen LogP contribution in [0.3, 0.4) is 0 Å². The highest BCUT2D eigenvalue weighted by atomic mass is 16.3. The van der Waals surface area contributed by atoms with Gasteiger partial charge >= 0.3 is 0 Å². The number of rotatable bonds is 6. The summed E-state index contributed by atoms with van der Waals surface area (Å²) >= 11 is 0. The Labute approximate surface area is 263 Å². The lowest BCUT2D eigenvalue weighted by Gasteiger charge is -2.16. The van der Waals surface area contributed by atoms with Gasteiger partial charge in [0.05, 0.1) is 0 Å². The SMILES string of the molecule is CC.Oc1c(-c2cccnc2)cc(-[n+]2c(-c3ccccc3)cc(-c3ccncc3)cc2-c2ccccc2)cc1-c1cccnc1. The molecule has 5 heteroatoms. The molecule has 4 aromatic heterocycles. The van der Waals surface area contributed by atoms with Gasteiger partial charge in [-0.1, -0.05) is 62.4 Å². The van der Waals surface area contributed by atoms with Crippen molar-refractivity contribution in [1.82, 2.24) is 15.0 Å². The smallest absolute Gasteiger partial charge is 0.219 e. The van der Waals surface area contributed by atoms with Crippen LogP contribution in [0.25, 0.3) is 61.6 Å². The Kier molecular flexibility index (Phi) is 8.79. The molecule has 0 amide bonds. The lowest BCUT2D eigenvalue weighted by molar-refractivity contribution is -0.572. The van der Waals surface area contributed by atoms with Crippen LogP contribution in [0.5, 0.6) is 5.75 Å². The molecule has 218 valence electrons. The summed E-state index contributed by atoms with van der Waals surface area (Å²) in [6.45, 7) is 4.00. The maximum atomic E-state index is 11.7. The highest BCUT2D eigenvalue weighted by molar-refractivity contribution is 5.84. The highest BCUT2D eigenvalue weighted by Crippen LogP contribution is 2.40. The number of hydrogen-bond acceptors (Lipinski definition) is 4. The molecular formula is C40H33N4O+. The predicted octanol–water partition coefficient (Wildman–Crippen LogP) is 9.22. The number of benzene rings is 3. The summed E-state index contributed by atoms with van der Waals surface area (Å²) in [5, 5.41) is 11.7. The lowest BCUT2D eigenvalue weighted by atomic mass is 9.95. The van der Waals surface area contributed by atoms with Crippen LogP contribution in [0.4, 0.5) is 0 Å². The van der Waals surface area contributed by atoms with Crippen molar-refractivity contribution >= 4 is 0 Å². The molecule has 0 bridgehead atoms. The third-order valence-corrected chi connectivity index (χ3v) is 7.52. The molecule has 3 aromatic carbocycles. The van der Waals surface area contributed by atoms with Gasteiger partial charge in [0.25, 0.3) is 0 Å². The first kappa shape index (κ1) is 29.1. The van der Waals surface area contributed by atoms with Gasteiger partial charge in [0.15, 0.2) is 0 Å². The second kappa shape index (κ2) is 13.6. The van der Waals surface area contributed by atoms with Crippen molar-refractivity contribution in [3.8, 4) is 67.3 Å². The van der Waals surface area contributed by atoms with E-state index in [4.69, 9.17) is 0 Å². The normalized spacial score (nSPS) is 10.5. The summed E-state index contributed by atoms with van der Waals surface area (Å²) < 4.78 is 2.27. The van der Waals surface area contributed by atoms with E-state index in [1.807, 2.05) is 86.9 Å². The Balaban J connectivity index is 0.00000175. The second-order valence-corrected chi connectivity index (χ2v) is 10.2. The summed E-state index contributed by atoms with van der Waals surface area (Å²) in [6, 6.07) is 41.1. The Hall–Kier alpha value is -5.94. The average Bonchev–Trinajstić information content (AvgIpc) is 3.14. The summed E-state index contributed by atoms with van der Waals surface area (Å²) in [5.41, 5.74) is 10.2. The first-order chi connectivity index (χ1) is 22.3. The average molecular weight is 586 g/mol. The quantitative estimate of drug-likeness (QED) is 0.198. The minimum atomic E-state index is 0.182. The van der Waals surface area contributed by atoms with Gasteiger partial charge < -0.3 is 5.11 Å².